The topological polar surface area (TPSA) is 67.0 Å². The van der Waals surface area contributed by atoms with Gasteiger partial charge in [0, 0.05) is 48.5 Å². The van der Waals surface area contributed by atoms with Gasteiger partial charge in [-0.05, 0) is 24.6 Å². The highest BCUT2D eigenvalue weighted by molar-refractivity contribution is 6.04. The number of carbonyl (C=O) groups excluding carboxylic acids is 1. The molecule has 148 valence electrons. The highest BCUT2D eigenvalue weighted by atomic mass is 19.1. The number of nitriles is 1. The molecule has 0 unspecified atom stereocenters. The molecule has 1 amide bonds. The van der Waals surface area contributed by atoms with E-state index in [1.165, 1.54) is 6.07 Å². The highest BCUT2D eigenvalue weighted by Crippen LogP contribution is 2.25. The van der Waals surface area contributed by atoms with Gasteiger partial charge in [0.1, 0.15) is 17.5 Å². The quantitative estimate of drug-likeness (QED) is 0.360. The highest BCUT2D eigenvalue weighted by Gasteiger charge is 2.13. The first-order valence-corrected chi connectivity index (χ1v) is 9.34. The molecule has 3 rings (SSSR count). The molecule has 0 saturated heterocycles. The Morgan fingerprint density at radius 2 is 2.00 bits per heavy atom. The first-order chi connectivity index (χ1) is 14.1. The van der Waals surface area contributed by atoms with E-state index in [2.05, 4.69) is 5.32 Å². The largest absolute Gasteiger partial charge is 0.385 e. The number of nitrogens with zero attached hydrogens (tertiary/aromatic N) is 2. The Morgan fingerprint density at radius 1 is 1.24 bits per heavy atom. The molecule has 3 aromatic rings. The van der Waals surface area contributed by atoms with E-state index in [-0.39, 0.29) is 11.4 Å². The number of hydrogen-bond acceptors (Lipinski definition) is 3. The molecular formula is C23H22FN3O2. The second-order valence-electron chi connectivity index (χ2n) is 6.59. The third-order valence-electron chi connectivity index (χ3n) is 4.59. The Balaban J connectivity index is 1.91. The van der Waals surface area contributed by atoms with Crippen molar-refractivity contribution >= 4 is 22.9 Å². The number of ether oxygens (including phenoxy) is 1. The third-order valence-corrected chi connectivity index (χ3v) is 4.59. The molecule has 5 nitrogen and oxygen atoms in total. The van der Waals surface area contributed by atoms with Crippen LogP contribution in [0, 0.1) is 17.1 Å². The summed E-state index contributed by atoms with van der Waals surface area (Å²) in [6.45, 7) is 1.32. The molecule has 0 atom stereocenters. The van der Waals surface area contributed by atoms with Crippen molar-refractivity contribution in [3.63, 3.8) is 0 Å². The first kappa shape index (κ1) is 20.3. The number of fused-ring (bicyclic) bond motifs is 1. The Kier molecular flexibility index (Phi) is 6.77. The van der Waals surface area contributed by atoms with Crippen LogP contribution in [0.15, 0.2) is 60.3 Å². The summed E-state index contributed by atoms with van der Waals surface area (Å²) in [5, 5.41) is 13.1. The standard InChI is InChI=1S/C23H22FN3O2/c1-29-12-6-11-26-23(28)18(14-25)13-19-16-27(22-10-5-3-8-20(19)22)15-17-7-2-4-9-21(17)24/h2-5,7-10,13,16H,6,11-12,15H2,1H3,(H,26,28)/b18-13-. The molecule has 0 bridgehead atoms. The molecule has 2 aromatic carbocycles. The van der Waals surface area contributed by atoms with Crippen molar-refractivity contribution in [1.82, 2.24) is 9.88 Å². The lowest BCUT2D eigenvalue weighted by atomic mass is 10.1. The van der Waals surface area contributed by atoms with Crippen LogP contribution in [0.5, 0.6) is 0 Å². The van der Waals surface area contributed by atoms with Gasteiger partial charge >= 0.3 is 0 Å². The SMILES string of the molecule is COCCCNC(=O)/C(C#N)=C\c1cn(Cc2ccccc2F)c2ccccc12. The number of rotatable bonds is 8. The smallest absolute Gasteiger partial charge is 0.261 e. The lowest BCUT2D eigenvalue weighted by Gasteiger charge is -2.06. The van der Waals surface area contributed by atoms with Crippen molar-refractivity contribution in [2.45, 2.75) is 13.0 Å². The molecule has 0 spiro atoms. The van der Waals surface area contributed by atoms with Gasteiger partial charge in [0.25, 0.3) is 5.91 Å². The van der Waals surface area contributed by atoms with E-state index in [9.17, 15) is 14.4 Å². The lowest BCUT2D eigenvalue weighted by molar-refractivity contribution is -0.117. The minimum absolute atomic E-state index is 0.0243. The van der Waals surface area contributed by atoms with Crippen molar-refractivity contribution in [3.05, 3.63) is 77.2 Å². The van der Waals surface area contributed by atoms with Gasteiger partial charge in [-0.1, -0.05) is 36.4 Å². The van der Waals surface area contributed by atoms with E-state index >= 15 is 0 Å². The second kappa shape index (κ2) is 9.67. The van der Waals surface area contributed by atoms with Gasteiger partial charge in [0.2, 0.25) is 0 Å². The summed E-state index contributed by atoms with van der Waals surface area (Å²) < 4.78 is 21.0. The third kappa shape index (κ3) is 4.89. The summed E-state index contributed by atoms with van der Waals surface area (Å²) >= 11 is 0. The number of methoxy groups -OCH3 is 1. The fourth-order valence-electron chi connectivity index (χ4n) is 3.15. The van der Waals surface area contributed by atoms with E-state index in [1.54, 1.807) is 31.4 Å². The molecule has 1 aromatic heterocycles. The number of aromatic nitrogens is 1. The number of hydrogen-bond donors (Lipinski definition) is 1. The van der Waals surface area contributed by atoms with Crippen LogP contribution < -0.4 is 5.32 Å². The van der Waals surface area contributed by atoms with Crippen LogP contribution in [0.4, 0.5) is 4.39 Å². The van der Waals surface area contributed by atoms with Crippen molar-refractivity contribution in [3.8, 4) is 6.07 Å². The zero-order valence-corrected chi connectivity index (χ0v) is 16.2. The second-order valence-corrected chi connectivity index (χ2v) is 6.59. The molecule has 0 saturated carbocycles. The van der Waals surface area contributed by atoms with Crippen LogP contribution in [-0.2, 0) is 16.1 Å². The average Bonchev–Trinajstić information content (AvgIpc) is 3.08. The summed E-state index contributed by atoms with van der Waals surface area (Å²) in [5.74, 6) is -0.690. The van der Waals surface area contributed by atoms with Gasteiger partial charge in [-0.3, -0.25) is 4.79 Å². The molecule has 6 heteroatoms. The van der Waals surface area contributed by atoms with Crippen LogP contribution in [-0.4, -0.2) is 30.7 Å². The zero-order chi connectivity index (χ0) is 20.6. The van der Waals surface area contributed by atoms with Crippen LogP contribution in [0.25, 0.3) is 17.0 Å². The number of nitrogens with one attached hydrogen (secondary N) is 1. The molecule has 0 aliphatic carbocycles. The molecule has 0 radical (unpaired) electrons. The molecule has 1 N–H and O–H groups in total. The monoisotopic (exact) mass is 391 g/mol. The molecule has 0 fully saturated rings. The molecule has 0 aliphatic heterocycles. The lowest BCUT2D eigenvalue weighted by Crippen LogP contribution is -2.26. The van der Waals surface area contributed by atoms with Gasteiger partial charge < -0.3 is 14.6 Å². The fourth-order valence-corrected chi connectivity index (χ4v) is 3.15. The number of carbonyl (C=O) groups is 1. The molecule has 0 aliphatic rings. The average molecular weight is 391 g/mol. The molecular weight excluding hydrogens is 369 g/mol. The van der Waals surface area contributed by atoms with Crippen molar-refractivity contribution < 1.29 is 13.9 Å². The molecule has 29 heavy (non-hydrogen) atoms. The summed E-state index contributed by atoms with van der Waals surface area (Å²) in [6.07, 6.45) is 4.08. The zero-order valence-electron chi connectivity index (χ0n) is 16.2. The van der Waals surface area contributed by atoms with E-state index in [0.29, 0.717) is 31.7 Å². The van der Waals surface area contributed by atoms with E-state index in [4.69, 9.17) is 4.74 Å². The minimum atomic E-state index is -0.422. The maximum absolute atomic E-state index is 14.1. The number of benzene rings is 2. The minimum Gasteiger partial charge on any atom is -0.385 e. The number of amides is 1. The van der Waals surface area contributed by atoms with Crippen molar-refractivity contribution in [1.29, 1.82) is 5.26 Å². The fraction of sp³-hybridized carbons (Fsp3) is 0.217. The van der Waals surface area contributed by atoms with Gasteiger partial charge in [0.15, 0.2) is 0 Å². The normalized spacial score (nSPS) is 11.4. The first-order valence-electron chi connectivity index (χ1n) is 9.34. The van der Waals surface area contributed by atoms with Gasteiger partial charge in [-0.15, -0.1) is 0 Å². The van der Waals surface area contributed by atoms with Crippen LogP contribution in [0.2, 0.25) is 0 Å². The van der Waals surface area contributed by atoms with Crippen molar-refractivity contribution in [2.75, 3.05) is 20.3 Å². The summed E-state index contributed by atoms with van der Waals surface area (Å²) in [7, 11) is 1.60. The van der Waals surface area contributed by atoms with Crippen LogP contribution in [0.3, 0.4) is 0 Å². The maximum Gasteiger partial charge on any atom is 0.261 e. The van der Waals surface area contributed by atoms with Crippen molar-refractivity contribution in [2.24, 2.45) is 0 Å². The Labute approximate surface area is 169 Å². The van der Waals surface area contributed by atoms with E-state index < -0.39 is 5.91 Å². The Bertz CT molecular complexity index is 1080. The van der Waals surface area contributed by atoms with Crippen LogP contribution in [0.1, 0.15) is 17.5 Å². The van der Waals surface area contributed by atoms with Gasteiger partial charge in [0.05, 0.1) is 6.54 Å². The summed E-state index contributed by atoms with van der Waals surface area (Å²) in [6, 6.07) is 16.3. The molecule has 1 heterocycles. The van der Waals surface area contributed by atoms with E-state index in [0.717, 1.165) is 16.5 Å². The Hall–Kier alpha value is -3.43. The summed E-state index contributed by atoms with van der Waals surface area (Å²) in [5.41, 5.74) is 2.23. The Morgan fingerprint density at radius 3 is 2.76 bits per heavy atom. The summed E-state index contributed by atoms with van der Waals surface area (Å²) in [4.78, 5) is 12.3. The van der Waals surface area contributed by atoms with E-state index in [1.807, 2.05) is 41.1 Å². The predicted octanol–water partition coefficient (Wildman–Crippen LogP) is 3.89. The predicted molar refractivity (Wildman–Crippen MR) is 111 cm³/mol. The maximum atomic E-state index is 14.1. The van der Waals surface area contributed by atoms with Gasteiger partial charge in [-0.25, -0.2) is 4.39 Å². The van der Waals surface area contributed by atoms with Crippen LogP contribution >= 0.6 is 0 Å². The number of halogens is 1. The van der Waals surface area contributed by atoms with Gasteiger partial charge in [-0.2, -0.15) is 5.26 Å². The number of para-hydroxylation sites is 1.